The molecule has 0 aliphatic rings. The van der Waals surface area contributed by atoms with Gasteiger partial charge in [-0.25, -0.2) is 9.59 Å². The highest BCUT2D eigenvalue weighted by molar-refractivity contribution is 5.88. The maximum atomic E-state index is 11.4. The van der Waals surface area contributed by atoms with Crippen LogP contribution < -0.4 is 15.2 Å². The van der Waals surface area contributed by atoms with Gasteiger partial charge < -0.3 is 24.7 Å². The maximum Gasteiger partial charge on any atom is 0.330 e. The van der Waals surface area contributed by atoms with Gasteiger partial charge in [-0.05, 0) is 105 Å². The Bertz CT molecular complexity index is 1640. The van der Waals surface area contributed by atoms with E-state index in [4.69, 9.17) is 24.7 Å². The summed E-state index contributed by atoms with van der Waals surface area (Å²) in [5.41, 5.74) is 11.1. The number of nitrogen functional groups attached to an aromatic ring is 1. The number of carbonyl (C=O) groups excluding carboxylic acids is 3. The third kappa shape index (κ3) is 17.2. The molecule has 258 valence electrons. The van der Waals surface area contributed by atoms with E-state index in [1.165, 1.54) is 23.3 Å². The second-order valence-corrected chi connectivity index (χ2v) is 10.3. The van der Waals surface area contributed by atoms with E-state index in [9.17, 15) is 14.4 Å². The van der Waals surface area contributed by atoms with Crippen molar-refractivity contribution in [3.63, 3.8) is 0 Å². The Kier molecular flexibility index (Phi) is 19.1. The molecule has 8 nitrogen and oxygen atoms in total. The molecule has 0 aliphatic heterocycles. The number of nitrogens with two attached hydrogens (primary N) is 1. The first-order valence-electron chi connectivity index (χ1n) is 16.3. The Morgan fingerprint density at radius 3 is 1.57 bits per heavy atom. The van der Waals surface area contributed by atoms with Crippen molar-refractivity contribution in [3.05, 3.63) is 137 Å². The van der Waals surface area contributed by atoms with Gasteiger partial charge in [-0.3, -0.25) is 4.79 Å². The van der Waals surface area contributed by atoms with Gasteiger partial charge in [0, 0.05) is 29.5 Å². The van der Waals surface area contributed by atoms with Crippen LogP contribution in [0.25, 0.3) is 12.2 Å². The van der Waals surface area contributed by atoms with Crippen molar-refractivity contribution in [1.82, 2.24) is 0 Å². The van der Waals surface area contributed by atoms with Crippen molar-refractivity contribution in [2.75, 3.05) is 32.2 Å². The van der Waals surface area contributed by atoms with Crippen LogP contribution in [-0.4, -0.2) is 44.7 Å². The summed E-state index contributed by atoms with van der Waals surface area (Å²) in [7, 11) is 0. The lowest BCUT2D eigenvalue weighted by molar-refractivity contribution is -0.138. The molecule has 0 bridgehead atoms. The highest BCUT2D eigenvalue weighted by Crippen LogP contribution is 2.17. The molecule has 0 heterocycles. The molecule has 4 rings (SSSR count). The van der Waals surface area contributed by atoms with Crippen LogP contribution in [-0.2, 0) is 31.9 Å². The van der Waals surface area contributed by atoms with Gasteiger partial charge in [-0.2, -0.15) is 0 Å². The Morgan fingerprint density at radius 1 is 0.571 bits per heavy atom. The molecule has 0 radical (unpaired) electrons. The smallest absolute Gasteiger partial charge is 0.330 e. The number of carbonyl (C=O) groups is 3. The van der Waals surface area contributed by atoms with E-state index in [0.29, 0.717) is 32.0 Å². The number of aldehydes is 1. The lowest BCUT2D eigenvalue weighted by Crippen LogP contribution is -1.98. The van der Waals surface area contributed by atoms with Gasteiger partial charge in [0.05, 0.1) is 26.4 Å². The molecule has 4 aromatic rings. The van der Waals surface area contributed by atoms with Crippen molar-refractivity contribution >= 4 is 36.1 Å². The van der Waals surface area contributed by atoms with Crippen molar-refractivity contribution in [1.29, 1.82) is 0 Å². The Morgan fingerprint density at radius 2 is 1.04 bits per heavy atom. The molecule has 0 aromatic heterocycles. The third-order valence-electron chi connectivity index (χ3n) is 6.48. The number of benzene rings is 4. The van der Waals surface area contributed by atoms with E-state index in [-0.39, 0.29) is 11.9 Å². The number of rotatable bonds is 14. The number of hydrogen-bond acceptors (Lipinski definition) is 8. The van der Waals surface area contributed by atoms with Crippen molar-refractivity contribution in [2.45, 2.75) is 40.5 Å². The first-order valence-corrected chi connectivity index (χ1v) is 16.3. The molecule has 0 aliphatic carbocycles. The lowest BCUT2D eigenvalue weighted by Gasteiger charge is -2.07. The second kappa shape index (κ2) is 23.7. The second-order valence-electron chi connectivity index (χ2n) is 10.3. The van der Waals surface area contributed by atoms with Crippen LogP contribution in [0.1, 0.15) is 60.3 Å². The molecule has 0 atom stereocenters. The Hall–Kier alpha value is -5.63. The van der Waals surface area contributed by atoms with Crippen LogP contribution in [0.2, 0.25) is 0 Å². The van der Waals surface area contributed by atoms with Crippen LogP contribution in [0.15, 0.2) is 109 Å². The maximum absolute atomic E-state index is 11.4. The number of aryl methyl sites for hydroxylation is 2. The quantitative estimate of drug-likeness (QED) is 0.0621. The Labute approximate surface area is 290 Å². The van der Waals surface area contributed by atoms with Crippen LogP contribution in [0.3, 0.4) is 0 Å². The molecule has 0 saturated heterocycles. The van der Waals surface area contributed by atoms with Crippen molar-refractivity contribution in [2.24, 2.45) is 0 Å². The SMILES string of the molecule is CCOC(=O)/C=C/c1cccc(C=O)c1.CCOC(=O)/C=C/c1cccc(CCc2cccc(OCC)c2)c1.CCOc1cccc(N)c1. The molecular weight excluding hydrogens is 618 g/mol. The average molecular weight is 666 g/mol. The topological polar surface area (TPSA) is 114 Å². The first kappa shape index (κ1) is 39.5. The number of ether oxygens (including phenoxy) is 4. The Balaban J connectivity index is 0.000000283. The number of anilines is 1. The fourth-order valence-corrected chi connectivity index (χ4v) is 4.31. The summed E-state index contributed by atoms with van der Waals surface area (Å²) < 4.78 is 20.4. The van der Waals surface area contributed by atoms with E-state index < -0.39 is 0 Å². The van der Waals surface area contributed by atoms with Gasteiger partial charge in [0.2, 0.25) is 0 Å². The minimum Gasteiger partial charge on any atom is -0.494 e. The number of esters is 2. The summed E-state index contributed by atoms with van der Waals surface area (Å²) in [6, 6.07) is 30.8. The fourth-order valence-electron chi connectivity index (χ4n) is 4.31. The van der Waals surface area contributed by atoms with Crippen LogP contribution in [0.4, 0.5) is 5.69 Å². The normalized spacial score (nSPS) is 10.3. The fraction of sp³-hybridized carbons (Fsp3) is 0.244. The van der Waals surface area contributed by atoms with Crippen LogP contribution in [0, 0.1) is 0 Å². The van der Waals surface area contributed by atoms with E-state index >= 15 is 0 Å². The first-order chi connectivity index (χ1) is 23.8. The molecule has 0 unspecified atom stereocenters. The zero-order valence-corrected chi connectivity index (χ0v) is 28.8. The molecule has 49 heavy (non-hydrogen) atoms. The minimum absolute atomic E-state index is 0.310. The van der Waals surface area contributed by atoms with Gasteiger partial charge in [0.15, 0.2) is 0 Å². The van der Waals surface area contributed by atoms with E-state index in [1.807, 2.05) is 68.4 Å². The van der Waals surface area contributed by atoms with E-state index in [1.54, 1.807) is 44.2 Å². The minimum atomic E-state index is -0.381. The summed E-state index contributed by atoms with van der Waals surface area (Å²) >= 11 is 0. The van der Waals surface area contributed by atoms with Gasteiger partial charge in [-0.15, -0.1) is 0 Å². The predicted molar refractivity (Wildman–Crippen MR) is 197 cm³/mol. The largest absolute Gasteiger partial charge is 0.494 e. The number of hydrogen-bond donors (Lipinski definition) is 1. The zero-order valence-electron chi connectivity index (χ0n) is 28.8. The van der Waals surface area contributed by atoms with E-state index in [0.717, 1.165) is 47.4 Å². The van der Waals surface area contributed by atoms with Gasteiger partial charge in [-0.1, -0.05) is 60.7 Å². The molecule has 0 saturated carbocycles. The summed E-state index contributed by atoms with van der Waals surface area (Å²) in [5.74, 6) is 1.06. The molecular formula is C41H47NO7. The monoisotopic (exact) mass is 665 g/mol. The standard InChI is InChI=1S/C21H24O3.C12H12O3.C8H11NO/c1-3-23-20-10-6-9-19(16-20)12-11-17-7-5-8-18(15-17)13-14-21(22)24-4-2;1-2-15-12(14)7-6-10-4-3-5-11(8-10)9-13;1-2-10-8-5-3-4-7(9)6-8/h5-10,13-16H,3-4,11-12H2,1-2H3;3-9H,2H2,1H3;3-6H,2,9H2,1H3/b14-13+;7-6+;. The summed E-state index contributed by atoms with van der Waals surface area (Å²) in [6.07, 6.45) is 8.87. The van der Waals surface area contributed by atoms with Crippen LogP contribution in [0.5, 0.6) is 11.5 Å². The summed E-state index contributed by atoms with van der Waals surface area (Å²) in [5, 5.41) is 0. The van der Waals surface area contributed by atoms with Crippen molar-refractivity contribution < 1.29 is 33.3 Å². The third-order valence-corrected chi connectivity index (χ3v) is 6.48. The molecule has 0 amide bonds. The summed E-state index contributed by atoms with van der Waals surface area (Å²) in [4.78, 5) is 32.9. The van der Waals surface area contributed by atoms with Crippen LogP contribution >= 0.6 is 0 Å². The van der Waals surface area contributed by atoms with Crippen molar-refractivity contribution in [3.8, 4) is 11.5 Å². The molecule has 8 heteroatoms. The average Bonchev–Trinajstić information content (AvgIpc) is 3.11. The molecule has 4 aromatic carbocycles. The molecule has 2 N–H and O–H groups in total. The zero-order chi connectivity index (χ0) is 35.7. The molecule has 0 spiro atoms. The highest BCUT2D eigenvalue weighted by Gasteiger charge is 2.01. The lowest BCUT2D eigenvalue weighted by atomic mass is 10.0. The predicted octanol–water partition coefficient (Wildman–Crippen LogP) is 8.19. The molecule has 0 fully saturated rings. The van der Waals surface area contributed by atoms with Gasteiger partial charge >= 0.3 is 11.9 Å². The summed E-state index contributed by atoms with van der Waals surface area (Å²) in [6.45, 7) is 9.60. The van der Waals surface area contributed by atoms with Gasteiger partial charge in [0.1, 0.15) is 17.8 Å². The highest BCUT2D eigenvalue weighted by atomic mass is 16.5. The van der Waals surface area contributed by atoms with Gasteiger partial charge in [0.25, 0.3) is 0 Å². The van der Waals surface area contributed by atoms with E-state index in [2.05, 4.69) is 24.3 Å².